The molecule has 1 aliphatic rings. The third-order valence-electron chi connectivity index (χ3n) is 5.77. The van der Waals surface area contributed by atoms with Crippen molar-refractivity contribution in [2.24, 2.45) is 0 Å². The average Bonchev–Trinajstić information content (AvgIpc) is 3.43. The van der Waals surface area contributed by atoms with Gasteiger partial charge in [0.15, 0.2) is 0 Å². The normalized spacial score (nSPS) is 20.3. The Morgan fingerprint density at radius 3 is 2.80 bits per heavy atom. The van der Waals surface area contributed by atoms with E-state index in [4.69, 9.17) is 4.42 Å². The number of aromatic nitrogens is 1. The number of aliphatic hydroxyl groups excluding tert-OH is 1. The first-order valence-corrected chi connectivity index (χ1v) is 9.97. The van der Waals surface area contributed by atoms with Crippen molar-refractivity contribution in [3.05, 3.63) is 65.2 Å². The summed E-state index contributed by atoms with van der Waals surface area (Å²) in [5.41, 5.74) is 1.60. The van der Waals surface area contributed by atoms with Crippen LogP contribution in [0.25, 0.3) is 11.0 Å². The van der Waals surface area contributed by atoms with Crippen LogP contribution >= 0.6 is 0 Å². The van der Waals surface area contributed by atoms with Crippen molar-refractivity contribution < 1.29 is 23.1 Å². The second-order valence-electron chi connectivity index (χ2n) is 8.26. The van der Waals surface area contributed by atoms with Gasteiger partial charge >= 0.3 is 0 Å². The fraction of sp³-hybridized carbons (Fsp3) is 0.391. The highest BCUT2D eigenvalue weighted by Gasteiger charge is 2.41. The third kappa shape index (κ3) is 3.94. The van der Waals surface area contributed by atoms with E-state index in [9.17, 15) is 18.7 Å². The van der Waals surface area contributed by atoms with E-state index in [1.165, 1.54) is 6.92 Å². The highest BCUT2D eigenvalue weighted by Crippen LogP contribution is 2.54. The number of nitrogens with one attached hydrogen (secondary N) is 1. The monoisotopic (exact) mass is 414 g/mol. The number of hydrogen-bond donors (Lipinski definition) is 2. The van der Waals surface area contributed by atoms with Crippen molar-refractivity contribution in [3.8, 4) is 0 Å². The zero-order chi connectivity index (χ0) is 21.5. The molecule has 1 aliphatic carbocycles. The Balaban J connectivity index is 1.62. The molecule has 0 radical (unpaired) electrons. The van der Waals surface area contributed by atoms with Crippen LogP contribution in [0, 0.1) is 6.92 Å². The minimum atomic E-state index is -2.64. The van der Waals surface area contributed by atoms with Crippen molar-refractivity contribution in [1.82, 2.24) is 10.3 Å². The second-order valence-corrected chi connectivity index (χ2v) is 8.26. The van der Waals surface area contributed by atoms with Gasteiger partial charge in [0, 0.05) is 29.6 Å². The van der Waals surface area contributed by atoms with Gasteiger partial charge in [0.25, 0.3) is 5.91 Å². The Morgan fingerprint density at radius 1 is 1.33 bits per heavy atom. The highest BCUT2D eigenvalue weighted by molar-refractivity contribution is 6.07. The highest BCUT2D eigenvalue weighted by atomic mass is 19.3. The second kappa shape index (κ2) is 7.80. The van der Waals surface area contributed by atoms with Crippen LogP contribution in [0.1, 0.15) is 59.0 Å². The first-order valence-electron chi connectivity index (χ1n) is 9.97. The number of alkyl halides is 2. The van der Waals surface area contributed by atoms with E-state index in [-0.39, 0.29) is 0 Å². The molecule has 1 saturated carbocycles. The molecular weight excluding hydrogens is 390 g/mol. The molecule has 0 spiro atoms. The summed E-state index contributed by atoms with van der Waals surface area (Å²) in [6.45, 7) is 2.49. The van der Waals surface area contributed by atoms with Gasteiger partial charge in [-0.15, -0.1) is 0 Å². The molecular formula is C23H24F2N2O3. The third-order valence-corrected chi connectivity index (χ3v) is 5.77. The van der Waals surface area contributed by atoms with E-state index >= 15 is 0 Å². The van der Waals surface area contributed by atoms with E-state index in [0.717, 1.165) is 17.7 Å². The van der Waals surface area contributed by atoms with Gasteiger partial charge in [0.1, 0.15) is 11.3 Å². The molecule has 2 heterocycles. The number of aliphatic hydroxyl groups is 1. The Bertz CT molecular complexity index is 1070. The van der Waals surface area contributed by atoms with Gasteiger partial charge in [-0.3, -0.25) is 9.78 Å². The molecule has 3 atom stereocenters. The molecule has 1 fully saturated rings. The van der Waals surface area contributed by atoms with Crippen LogP contribution in [0.4, 0.5) is 8.78 Å². The molecule has 2 aromatic heterocycles. The van der Waals surface area contributed by atoms with Crippen LogP contribution in [0.15, 0.2) is 47.0 Å². The molecule has 30 heavy (non-hydrogen) atoms. The molecule has 0 aliphatic heterocycles. The summed E-state index contributed by atoms with van der Waals surface area (Å²) in [6, 6.07) is 11.7. The number of aryl methyl sites for hydroxylation is 1. The number of rotatable bonds is 7. The number of amides is 1. The average molecular weight is 414 g/mol. The largest absolute Gasteiger partial charge is 0.461 e. The van der Waals surface area contributed by atoms with E-state index in [0.29, 0.717) is 34.1 Å². The molecule has 1 unspecified atom stereocenters. The maximum absolute atomic E-state index is 12.9. The van der Waals surface area contributed by atoms with Crippen LogP contribution in [0.5, 0.6) is 0 Å². The van der Waals surface area contributed by atoms with E-state index < -0.39 is 30.9 Å². The lowest BCUT2D eigenvalue weighted by atomic mass is 9.97. The summed E-state index contributed by atoms with van der Waals surface area (Å²) in [6.07, 6.45) is -0.511. The quantitative estimate of drug-likeness (QED) is 0.595. The standard InChI is InChI=1S/C23H24F2N2O3/c1-13-21(22(29)27-23(2,12-28)11-20(24)25)17-9-14(6-7-19(17)30-13)15-10-16(15)18-5-3-4-8-26-18/h3-9,15-16,20,28H,10-12H2,1-2H3,(H,27,29)/t15-,16-,23?/m0/s1. The lowest BCUT2D eigenvalue weighted by Gasteiger charge is -2.28. The maximum Gasteiger partial charge on any atom is 0.255 e. The molecule has 3 aromatic rings. The molecule has 158 valence electrons. The minimum absolute atomic E-state index is 0.316. The lowest BCUT2D eigenvalue weighted by Crippen LogP contribution is -2.50. The summed E-state index contributed by atoms with van der Waals surface area (Å²) in [5, 5.41) is 12.8. The summed E-state index contributed by atoms with van der Waals surface area (Å²) >= 11 is 0. The maximum atomic E-state index is 12.9. The molecule has 2 N–H and O–H groups in total. The van der Waals surface area contributed by atoms with Gasteiger partial charge in [-0.1, -0.05) is 12.1 Å². The fourth-order valence-corrected chi connectivity index (χ4v) is 4.07. The van der Waals surface area contributed by atoms with E-state index in [1.54, 1.807) is 13.1 Å². The summed E-state index contributed by atoms with van der Waals surface area (Å²) in [4.78, 5) is 17.4. The summed E-state index contributed by atoms with van der Waals surface area (Å²) in [7, 11) is 0. The van der Waals surface area contributed by atoms with Crippen molar-refractivity contribution >= 4 is 16.9 Å². The van der Waals surface area contributed by atoms with Gasteiger partial charge in [0.2, 0.25) is 6.43 Å². The molecule has 5 nitrogen and oxygen atoms in total. The van der Waals surface area contributed by atoms with Crippen LogP contribution in [0.3, 0.4) is 0 Å². The molecule has 1 amide bonds. The Morgan fingerprint density at radius 2 is 2.13 bits per heavy atom. The number of carbonyl (C=O) groups excluding carboxylic acids is 1. The molecule has 7 heteroatoms. The predicted octanol–water partition coefficient (Wildman–Crippen LogP) is 4.54. The Kier molecular flexibility index (Phi) is 5.32. The first-order chi connectivity index (χ1) is 14.3. The molecule has 1 aromatic carbocycles. The smallest absolute Gasteiger partial charge is 0.255 e. The minimum Gasteiger partial charge on any atom is -0.461 e. The van der Waals surface area contributed by atoms with Gasteiger partial charge < -0.3 is 14.8 Å². The summed E-state index contributed by atoms with van der Waals surface area (Å²) in [5.74, 6) is 0.543. The predicted molar refractivity (Wildman–Crippen MR) is 109 cm³/mol. The number of halogens is 2. The number of benzene rings is 1. The number of carbonyl (C=O) groups is 1. The molecule has 4 rings (SSSR count). The summed E-state index contributed by atoms with van der Waals surface area (Å²) < 4.78 is 31.5. The van der Waals surface area contributed by atoms with Crippen molar-refractivity contribution in [1.29, 1.82) is 0 Å². The topological polar surface area (TPSA) is 75.4 Å². The SMILES string of the molecule is Cc1oc2ccc([C@@H]3C[C@@H]3c3ccccn3)cc2c1C(=O)NC(C)(CO)CC(F)F. The zero-order valence-electron chi connectivity index (χ0n) is 16.9. The van der Waals surface area contributed by atoms with Gasteiger partial charge in [-0.25, -0.2) is 8.78 Å². The Labute approximate surface area is 173 Å². The van der Waals surface area contributed by atoms with Crippen LogP contribution < -0.4 is 5.32 Å². The number of furan rings is 1. The number of nitrogens with zero attached hydrogens (tertiary/aromatic N) is 1. The van der Waals surface area contributed by atoms with Crippen molar-refractivity contribution in [2.75, 3.05) is 6.61 Å². The van der Waals surface area contributed by atoms with Crippen LogP contribution in [-0.2, 0) is 0 Å². The molecule has 0 bridgehead atoms. The van der Waals surface area contributed by atoms with Crippen molar-refractivity contribution in [2.45, 2.75) is 50.5 Å². The zero-order valence-corrected chi connectivity index (χ0v) is 16.9. The van der Waals surface area contributed by atoms with Gasteiger partial charge in [-0.2, -0.15) is 0 Å². The first kappa shape index (κ1) is 20.5. The van der Waals surface area contributed by atoms with Gasteiger partial charge in [-0.05, 0) is 56.0 Å². The van der Waals surface area contributed by atoms with E-state index in [1.807, 2.05) is 36.4 Å². The number of pyridine rings is 1. The lowest BCUT2D eigenvalue weighted by molar-refractivity contribution is 0.0586. The van der Waals surface area contributed by atoms with E-state index in [2.05, 4.69) is 10.3 Å². The van der Waals surface area contributed by atoms with Gasteiger partial charge in [0.05, 0.1) is 17.7 Å². The van der Waals surface area contributed by atoms with Crippen molar-refractivity contribution in [3.63, 3.8) is 0 Å². The number of hydrogen-bond acceptors (Lipinski definition) is 4. The number of fused-ring (bicyclic) bond motifs is 1. The molecule has 0 saturated heterocycles. The Hall–Kier alpha value is -2.80. The fourth-order valence-electron chi connectivity index (χ4n) is 4.07. The van der Waals surface area contributed by atoms with Crippen LogP contribution in [0.2, 0.25) is 0 Å². The van der Waals surface area contributed by atoms with Crippen LogP contribution in [-0.4, -0.2) is 34.6 Å².